The molecule has 2 heterocycles. The maximum atomic E-state index is 9.57. The van der Waals surface area contributed by atoms with Gasteiger partial charge in [0.15, 0.2) is 5.82 Å². The Morgan fingerprint density at radius 3 is 2.39 bits per heavy atom. The highest BCUT2D eigenvalue weighted by Crippen LogP contribution is 2.26. The lowest BCUT2D eigenvalue weighted by molar-refractivity contribution is 0.109. The van der Waals surface area contributed by atoms with E-state index in [1.165, 1.54) is 0 Å². The van der Waals surface area contributed by atoms with Crippen LogP contribution in [0.2, 0.25) is 0 Å². The standard InChI is InChI=1S/C13H23N3O2/c1-9(17)10-5-7-16(8-6-10)12-14-11(15-18-12)13(2,3)4/h9-10,17H,5-8H2,1-4H3/t9-/m1/s1. The van der Waals surface area contributed by atoms with E-state index in [9.17, 15) is 5.11 Å². The monoisotopic (exact) mass is 253 g/mol. The lowest BCUT2D eigenvalue weighted by Gasteiger charge is -2.31. The van der Waals surface area contributed by atoms with Crippen molar-refractivity contribution in [2.24, 2.45) is 5.92 Å². The number of nitrogens with zero attached hydrogens (tertiary/aromatic N) is 3. The molecule has 1 fully saturated rings. The fourth-order valence-electron chi connectivity index (χ4n) is 2.22. The Kier molecular flexibility index (Phi) is 3.61. The molecule has 0 unspecified atom stereocenters. The van der Waals surface area contributed by atoms with Gasteiger partial charge in [-0.05, 0) is 25.7 Å². The van der Waals surface area contributed by atoms with Gasteiger partial charge in [0, 0.05) is 18.5 Å². The molecule has 0 aromatic carbocycles. The summed E-state index contributed by atoms with van der Waals surface area (Å²) in [7, 11) is 0. The first-order valence-corrected chi connectivity index (χ1v) is 6.65. The minimum Gasteiger partial charge on any atom is -0.393 e. The zero-order chi connectivity index (χ0) is 13.3. The molecule has 1 saturated heterocycles. The Bertz CT molecular complexity index is 387. The van der Waals surface area contributed by atoms with E-state index in [0.29, 0.717) is 11.9 Å². The van der Waals surface area contributed by atoms with E-state index in [2.05, 4.69) is 35.8 Å². The molecule has 18 heavy (non-hydrogen) atoms. The third-order valence-corrected chi connectivity index (χ3v) is 3.58. The predicted molar refractivity (Wildman–Crippen MR) is 69.6 cm³/mol. The van der Waals surface area contributed by atoms with Crippen LogP contribution in [0.4, 0.5) is 6.01 Å². The van der Waals surface area contributed by atoms with Crippen molar-refractivity contribution in [1.29, 1.82) is 0 Å². The van der Waals surface area contributed by atoms with Gasteiger partial charge in [-0.15, -0.1) is 0 Å². The van der Waals surface area contributed by atoms with Crippen molar-refractivity contribution in [1.82, 2.24) is 10.1 Å². The summed E-state index contributed by atoms with van der Waals surface area (Å²) in [5.74, 6) is 1.14. The summed E-state index contributed by atoms with van der Waals surface area (Å²) in [6.45, 7) is 9.83. The van der Waals surface area contributed by atoms with Gasteiger partial charge in [-0.1, -0.05) is 25.9 Å². The van der Waals surface area contributed by atoms with E-state index in [-0.39, 0.29) is 11.5 Å². The van der Waals surface area contributed by atoms with Crippen LogP contribution in [0.3, 0.4) is 0 Å². The second-order valence-corrected chi connectivity index (χ2v) is 6.22. The van der Waals surface area contributed by atoms with E-state index in [1.54, 1.807) is 0 Å². The quantitative estimate of drug-likeness (QED) is 0.873. The number of hydrogen-bond donors (Lipinski definition) is 1. The van der Waals surface area contributed by atoms with Crippen molar-refractivity contribution in [2.45, 2.75) is 52.1 Å². The van der Waals surface area contributed by atoms with E-state index in [4.69, 9.17) is 4.52 Å². The van der Waals surface area contributed by atoms with Crippen LogP contribution >= 0.6 is 0 Å². The molecule has 1 aliphatic heterocycles. The molecule has 5 nitrogen and oxygen atoms in total. The predicted octanol–water partition coefficient (Wildman–Crippen LogP) is 1.96. The zero-order valence-electron chi connectivity index (χ0n) is 11.7. The Hall–Kier alpha value is -1.10. The lowest BCUT2D eigenvalue weighted by atomic mass is 9.92. The van der Waals surface area contributed by atoms with Crippen LogP contribution in [0, 0.1) is 5.92 Å². The minimum absolute atomic E-state index is 0.0836. The van der Waals surface area contributed by atoms with Crippen molar-refractivity contribution in [3.8, 4) is 0 Å². The maximum absolute atomic E-state index is 9.57. The number of rotatable bonds is 2. The van der Waals surface area contributed by atoms with Gasteiger partial charge < -0.3 is 14.5 Å². The first kappa shape index (κ1) is 13.3. The van der Waals surface area contributed by atoms with Gasteiger partial charge in [0.1, 0.15) is 0 Å². The molecular weight excluding hydrogens is 230 g/mol. The van der Waals surface area contributed by atoms with Gasteiger partial charge in [-0.25, -0.2) is 0 Å². The molecule has 0 saturated carbocycles. The molecule has 2 rings (SSSR count). The average molecular weight is 253 g/mol. The van der Waals surface area contributed by atoms with E-state index < -0.39 is 0 Å². The third-order valence-electron chi connectivity index (χ3n) is 3.58. The fraction of sp³-hybridized carbons (Fsp3) is 0.846. The first-order chi connectivity index (χ1) is 8.38. The number of hydrogen-bond acceptors (Lipinski definition) is 5. The molecule has 0 amide bonds. The van der Waals surface area contributed by atoms with Crippen molar-refractivity contribution in [2.75, 3.05) is 18.0 Å². The van der Waals surface area contributed by atoms with Crippen LogP contribution in [-0.2, 0) is 5.41 Å². The number of aromatic nitrogens is 2. The summed E-state index contributed by atoms with van der Waals surface area (Å²) in [5.41, 5.74) is -0.0836. The molecule has 0 aliphatic carbocycles. The molecule has 1 aliphatic rings. The Morgan fingerprint density at radius 2 is 1.94 bits per heavy atom. The SMILES string of the molecule is C[C@@H](O)C1CCN(c2nc(C(C)(C)C)no2)CC1. The molecule has 102 valence electrons. The number of anilines is 1. The maximum Gasteiger partial charge on any atom is 0.324 e. The lowest BCUT2D eigenvalue weighted by Crippen LogP contribution is -2.37. The van der Waals surface area contributed by atoms with E-state index in [1.807, 2.05) is 6.92 Å². The highest BCUT2D eigenvalue weighted by molar-refractivity contribution is 5.26. The van der Waals surface area contributed by atoms with Crippen molar-refractivity contribution in [3.05, 3.63) is 5.82 Å². The molecule has 0 bridgehead atoms. The van der Waals surface area contributed by atoms with E-state index in [0.717, 1.165) is 31.8 Å². The van der Waals surface area contributed by atoms with Gasteiger partial charge in [0.2, 0.25) is 0 Å². The zero-order valence-corrected chi connectivity index (χ0v) is 11.7. The highest BCUT2D eigenvalue weighted by atomic mass is 16.5. The smallest absolute Gasteiger partial charge is 0.324 e. The van der Waals surface area contributed by atoms with Crippen LogP contribution in [-0.4, -0.2) is 34.4 Å². The largest absolute Gasteiger partial charge is 0.393 e. The van der Waals surface area contributed by atoms with Gasteiger partial charge in [-0.3, -0.25) is 0 Å². The van der Waals surface area contributed by atoms with Crippen molar-refractivity contribution in [3.63, 3.8) is 0 Å². The van der Waals surface area contributed by atoms with Crippen LogP contribution in [0.15, 0.2) is 4.52 Å². The summed E-state index contributed by atoms with van der Waals surface area (Å²) in [4.78, 5) is 6.57. The normalized spacial score (nSPS) is 20.2. The average Bonchev–Trinajstić information content (AvgIpc) is 2.78. The summed E-state index contributed by atoms with van der Waals surface area (Å²) in [5, 5.41) is 13.6. The van der Waals surface area contributed by atoms with Crippen molar-refractivity contribution >= 4 is 6.01 Å². The number of aliphatic hydroxyl groups excluding tert-OH is 1. The summed E-state index contributed by atoms with van der Waals surface area (Å²) >= 11 is 0. The molecule has 5 heteroatoms. The summed E-state index contributed by atoms with van der Waals surface area (Å²) in [6, 6.07) is 0.615. The minimum atomic E-state index is -0.222. The Morgan fingerprint density at radius 1 is 1.33 bits per heavy atom. The topological polar surface area (TPSA) is 62.4 Å². The molecule has 1 aromatic rings. The molecule has 0 spiro atoms. The first-order valence-electron chi connectivity index (χ1n) is 6.65. The fourth-order valence-corrected chi connectivity index (χ4v) is 2.22. The van der Waals surface area contributed by atoms with Crippen LogP contribution in [0.1, 0.15) is 46.4 Å². The Balaban J connectivity index is 2.00. The summed E-state index contributed by atoms with van der Waals surface area (Å²) < 4.78 is 5.33. The molecule has 1 aromatic heterocycles. The second kappa shape index (κ2) is 4.88. The van der Waals surface area contributed by atoms with Crippen LogP contribution in [0.25, 0.3) is 0 Å². The van der Waals surface area contributed by atoms with Crippen molar-refractivity contribution < 1.29 is 9.63 Å². The van der Waals surface area contributed by atoms with Gasteiger partial charge >= 0.3 is 6.01 Å². The molecule has 1 atom stereocenters. The molecule has 0 radical (unpaired) electrons. The van der Waals surface area contributed by atoms with Crippen LogP contribution < -0.4 is 4.90 Å². The highest BCUT2D eigenvalue weighted by Gasteiger charge is 2.27. The van der Waals surface area contributed by atoms with Gasteiger partial charge in [0.05, 0.1) is 6.10 Å². The van der Waals surface area contributed by atoms with Gasteiger partial charge in [-0.2, -0.15) is 4.98 Å². The third kappa shape index (κ3) is 2.83. The van der Waals surface area contributed by atoms with Gasteiger partial charge in [0.25, 0.3) is 0 Å². The summed E-state index contributed by atoms with van der Waals surface area (Å²) in [6.07, 6.45) is 1.73. The number of piperidine rings is 1. The van der Waals surface area contributed by atoms with E-state index >= 15 is 0 Å². The Labute approximate surface area is 108 Å². The molecule has 1 N–H and O–H groups in total. The van der Waals surface area contributed by atoms with Crippen LogP contribution in [0.5, 0.6) is 0 Å². The number of aliphatic hydroxyl groups is 1. The molecular formula is C13H23N3O2. The second-order valence-electron chi connectivity index (χ2n) is 6.22.